The molecule has 4 nitrogen and oxygen atoms in total. The maximum absolute atomic E-state index is 11.1. The quantitative estimate of drug-likeness (QED) is 0.761. The first kappa shape index (κ1) is 10.7. The number of hydrogen-bond acceptors (Lipinski definition) is 3. The van der Waals surface area contributed by atoms with E-state index in [1.807, 2.05) is 18.2 Å². The number of para-hydroxylation sites is 1. The van der Waals surface area contributed by atoms with Crippen molar-refractivity contribution in [3.63, 3.8) is 0 Å². The first-order valence-corrected chi connectivity index (χ1v) is 5.18. The minimum atomic E-state index is -0.480. The average Bonchev–Trinajstić information content (AvgIpc) is 2.28. The van der Waals surface area contributed by atoms with Crippen LogP contribution >= 0.6 is 0 Å². The molecule has 0 bridgehead atoms. The van der Waals surface area contributed by atoms with Gasteiger partial charge in [-0.05, 0) is 6.07 Å². The molecule has 0 aliphatic carbocycles. The Bertz CT molecular complexity index is 416. The Morgan fingerprint density at radius 3 is 2.94 bits per heavy atom. The van der Waals surface area contributed by atoms with Gasteiger partial charge in [-0.3, -0.25) is 9.59 Å². The van der Waals surface area contributed by atoms with Crippen LogP contribution in [0.3, 0.4) is 0 Å². The van der Waals surface area contributed by atoms with E-state index in [9.17, 15) is 9.59 Å². The molecular weight excluding hydrogens is 206 g/mol. The van der Waals surface area contributed by atoms with Crippen molar-refractivity contribution in [1.29, 1.82) is 0 Å². The van der Waals surface area contributed by atoms with Crippen LogP contribution in [0.5, 0.6) is 5.75 Å². The molecule has 2 atom stereocenters. The van der Waals surface area contributed by atoms with Gasteiger partial charge < -0.3 is 10.1 Å². The lowest BCUT2D eigenvalue weighted by Crippen LogP contribution is -2.35. The molecule has 1 aromatic rings. The average molecular weight is 219 g/mol. The van der Waals surface area contributed by atoms with Crippen LogP contribution in [0.1, 0.15) is 24.9 Å². The third kappa shape index (κ3) is 2.05. The minimum absolute atomic E-state index is 0.105. The molecule has 1 aliphatic heterocycles. The van der Waals surface area contributed by atoms with Crippen LogP contribution in [-0.2, 0) is 9.59 Å². The summed E-state index contributed by atoms with van der Waals surface area (Å²) in [6, 6.07) is 7.30. The van der Waals surface area contributed by atoms with Crippen LogP contribution in [0, 0.1) is 0 Å². The normalized spacial score (nSPS) is 22.8. The van der Waals surface area contributed by atoms with E-state index in [4.69, 9.17) is 4.74 Å². The Hall–Kier alpha value is -1.84. The number of hydrogen-bond donors (Lipinski definition) is 1. The summed E-state index contributed by atoms with van der Waals surface area (Å²) < 4.78 is 5.47. The predicted octanol–water partition coefficient (Wildman–Crippen LogP) is 1.21. The first-order valence-electron chi connectivity index (χ1n) is 5.18. The monoisotopic (exact) mass is 219 g/mol. The van der Waals surface area contributed by atoms with Gasteiger partial charge >= 0.3 is 0 Å². The van der Waals surface area contributed by atoms with Gasteiger partial charge in [0, 0.05) is 18.9 Å². The van der Waals surface area contributed by atoms with Crippen LogP contribution < -0.4 is 10.1 Å². The lowest BCUT2D eigenvalue weighted by molar-refractivity contribution is -0.121. The zero-order valence-corrected chi connectivity index (χ0v) is 8.97. The van der Waals surface area contributed by atoms with Crippen molar-refractivity contribution in [2.45, 2.75) is 25.5 Å². The molecule has 1 N–H and O–H groups in total. The highest BCUT2D eigenvalue weighted by Gasteiger charge is 2.27. The van der Waals surface area contributed by atoms with Crippen molar-refractivity contribution in [1.82, 2.24) is 5.32 Å². The first-order chi connectivity index (χ1) is 7.70. The van der Waals surface area contributed by atoms with E-state index in [0.29, 0.717) is 12.2 Å². The summed E-state index contributed by atoms with van der Waals surface area (Å²) in [5.74, 6) is 0.566. The van der Waals surface area contributed by atoms with Crippen LogP contribution in [0.2, 0.25) is 0 Å². The van der Waals surface area contributed by atoms with E-state index < -0.39 is 6.10 Å². The van der Waals surface area contributed by atoms with Crippen molar-refractivity contribution in [2.24, 2.45) is 0 Å². The topological polar surface area (TPSA) is 55.4 Å². The highest BCUT2D eigenvalue weighted by molar-refractivity contribution is 5.74. The molecule has 4 heteroatoms. The number of amides is 1. The molecule has 0 radical (unpaired) electrons. The summed E-state index contributed by atoms with van der Waals surface area (Å²) in [5, 5.41) is 2.82. The Balaban J connectivity index is 2.31. The second-order valence-electron chi connectivity index (χ2n) is 3.82. The van der Waals surface area contributed by atoms with Gasteiger partial charge in [-0.25, -0.2) is 0 Å². The molecule has 84 valence electrons. The van der Waals surface area contributed by atoms with Gasteiger partial charge in [0.15, 0.2) is 12.4 Å². The van der Waals surface area contributed by atoms with E-state index >= 15 is 0 Å². The summed E-state index contributed by atoms with van der Waals surface area (Å²) in [5.41, 5.74) is 0.927. The lowest BCUT2D eigenvalue weighted by atomic mass is 9.97. The molecule has 0 aromatic heterocycles. The predicted molar refractivity (Wildman–Crippen MR) is 58.1 cm³/mol. The third-order valence-corrected chi connectivity index (χ3v) is 2.57. The van der Waals surface area contributed by atoms with E-state index in [-0.39, 0.29) is 11.9 Å². The van der Waals surface area contributed by atoms with Gasteiger partial charge in [0.2, 0.25) is 5.91 Å². The smallest absolute Gasteiger partial charge is 0.217 e. The molecular formula is C12H13NO3. The number of rotatable bonds is 2. The molecule has 0 fully saturated rings. The van der Waals surface area contributed by atoms with Crippen LogP contribution in [0.25, 0.3) is 0 Å². The zero-order chi connectivity index (χ0) is 11.5. The molecule has 2 rings (SSSR count). The number of carbonyl (C=O) groups is 2. The Kier molecular flexibility index (Phi) is 2.90. The van der Waals surface area contributed by atoms with Crippen molar-refractivity contribution >= 4 is 12.2 Å². The SMILES string of the molecule is CC(=O)NC1CC(C=O)Oc2ccccc21. The van der Waals surface area contributed by atoms with Crippen LogP contribution in [0.15, 0.2) is 24.3 Å². The van der Waals surface area contributed by atoms with Gasteiger partial charge in [-0.15, -0.1) is 0 Å². The maximum Gasteiger partial charge on any atom is 0.217 e. The Morgan fingerprint density at radius 2 is 2.25 bits per heavy atom. The van der Waals surface area contributed by atoms with E-state index in [1.54, 1.807) is 6.07 Å². The number of fused-ring (bicyclic) bond motifs is 1. The van der Waals surface area contributed by atoms with Gasteiger partial charge in [-0.2, -0.15) is 0 Å². The minimum Gasteiger partial charge on any atom is -0.483 e. The van der Waals surface area contributed by atoms with E-state index in [1.165, 1.54) is 6.92 Å². The van der Waals surface area contributed by atoms with Crippen molar-refractivity contribution in [3.8, 4) is 5.75 Å². The fraction of sp³-hybridized carbons (Fsp3) is 0.333. The number of ether oxygens (including phenoxy) is 1. The Morgan fingerprint density at radius 1 is 1.50 bits per heavy atom. The molecule has 1 heterocycles. The van der Waals surface area contributed by atoms with Crippen molar-refractivity contribution < 1.29 is 14.3 Å². The Labute approximate surface area is 93.6 Å². The molecule has 1 aliphatic rings. The van der Waals surface area contributed by atoms with Gasteiger partial charge in [0.25, 0.3) is 0 Å². The van der Waals surface area contributed by atoms with Crippen molar-refractivity contribution in [3.05, 3.63) is 29.8 Å². The molecule has 0 spiro atoms. The fourth-order valence-corrected chi connectivity index (χ4v) is 1.91. The van der Waals surface area contributed by atoms with Gasteiger partial charge in [-0.1, -0.05) is 18.2 Å². The van der Waals surface area contributed by atoms with Crippen LogP contribution in [0.4, 0.5) is 0 Å². The molecule has 2 unspecified atom stereocenters. The lowest BCUT2D eigenvalue weighted by Gasteiger charge is -2.29. The zero-order valence-electron chi connectivity index (χ0n) is 8.97. The van der Waals surface area contributed by atoms with Crippen LogP contribution in [-0.4, -0.2) is 18.3 Å². The molecule has 0 saturated carbocycles. The van der Waals surface area contributed by atoms with Crippen molar-refractivity contribution in [2.75, 3.05) is 0 Å². The second kappa shape index (κ2) is 4.35. The molecule has 1 aromatic carbocycles. The highest BCUT2D eigenvalue weighted by atomic mass is 16.5. The van der Waals surface area contributed by atoms with Gasteiger partial charge in [0.1, 0.15) is 5.75 Å². The highest BCUT2D eigenvalue weighted by Crippen LogP contribution is 2.33. The summed E-state index contributed by atoms with van der Waals surface area (Å²) in [7, 11) is 0. The van der Waals surface area contributed by atoms with E-state index in [0.717, 1.165) is 11.8 Å². The molecule has 16 heavy (non-hydrogen) atoms. The second-order valence-corrected chi connectivity index (χ2v) is 3.82. The summed E-state index contributed by atoms with van der Waals surface area (Å²) in [6.07, 6.45) is 0.775. The molecule has 1 amide bonds. The maximum atomic E-state index is 11.1. The third-order valence-electron chi connectivity index (χ3n) is 2.57. The number of aldehydes is 1. The fourth-order valence-electron chi connectivity index (χ4n) is 1.91. The number of nitrogens with one attached hydrogen (secondary N) is 1. The van der Waals surface area contributed by atoms with E-state index in [2.05, 4.69) is 5.32 Å². The largest absolute Gasteiger partial charge is 0.483 e. The molecule has 0 saturated heterocycles. The standard InChI is InChI=1S/C12H13NO3/c1-8(15)13-11-6-9(7-14)16-12-5-3-2-4-10(11)12/h2-5,7,9,11H,6H2,1H3,(H,13,15). The summed E-state index contributed by atoms with van der Waals surface area (Å²) >= 11 is 0. The number of benzene rings is 1. The van der Waals surface area contributed by atoms with Gasteiger partial charge in [0.05, 0.1) is 6.04 Å². The summed E-state index contributed by atoms with van der Waals surface area (Å²) in [4.78, 5) is 21.8. The summed E-state index contributed by atoms with van der Waals surface area (Å²) in [6.45, 7) is 1.47. The number of carbonyl (C=O) groups excluding carboxylic acids is 2.